The van der Waals surface area contributed by atoms with E-state index in [1.807, 2.05) is 12.1 Å². The molecule has 2 atom stereocenters. The molecule has 0 spiro atoms. The van der Waals surface area contributed by atoms with Crippen LogP contribution in [0.5, 0.6) is 0 Å². The highest BCUT2D eigenvalue weighted by molar-refractivity contribution is 5.10. The summed E-state index contributed by atoms with van der Waals surface area (Å²) in [6.07, 6.45) is 6.46. The molecule has 0 aliphatic heterocycles. The van der Waals surface area contributed by atoms with E-state index in [1.165, 1.54) is 0 Å². The molecule has 5 heteroatoms. The van der Waals surface area contributed by atoms with Gasteiger partial charge in [0.15, 0.2) is 0 Å². The summed E-state index contributed by atoms with van der Waals surface area (Å²) in [5.41, 5.74) is 3.83. The van der Waals surface area contributed by atoms with Crippen molar-refractivity contribution in [2.75, 3.05) is 0 Å². The summed E-state index contributed by atoms with van der Waals surface area (Å²) in [6, 6.07) is 3.88. The zero-order valence-corrected chi connectivity index (χ0v) is 11.0. The number of alkyl halides is 2. The molecule has 2 unspecified atom stereocenters. The lowest BCUT2D eigenvalue weighted by Gasteiger charge is -2.31. The number of aromatic nitrogens is 1. The molecule has 106 valence electrons. The van der Waals surface area contributed by atoms with Gasteiger partial charge in [0, 0.05) is 31.3 Å². The summed E-state index contributed by atoms with van der Waals surface area (Å²) in [4.78, 5) is 4.05. The zero-order valence-electron chi connectivity index (χ0n) is 11.0. The van der Waals surface area contributed by atoms with Crippen molar-refractivity contribution in [2.45, 2.75) is 50.5 Å². The number of nitrogens with zero attached hydrogens (tertiary/aromatic N) is 1. The molecular weight excluding hydrogens is 248 g/mol. The number of rotatable bonds is 5. The minimum Gasteiger partial charge on any atom is -0.271 e. The standard InChI is InChI=1S/C14H21F2N3/c15-14(16)5-1-3-11(9-14)7-13(19-17)8-12-4-2-6-18-10-12/h2,4,6,10-11,13,19H,1,3,5,7-9,17H2. The number of nitrogens with two attached hydrogens (primary N) is 1. The Morgan fingerprint density at radius 2 is 2.37 bits per heavy atom. The number of hydrazine groups is 1. The van der Waals surface area contributed by atoms with E-state index < -0.39 is 5.92 Å². The summed E-state index contributed by atoms with van der Waals surface area (Å²) >= 11 is 0. The van der Waals surface area contributed by atoms with E-state index in [0.717, 1.165) is 18.4 Å². The molecule has 1 aliphatic rings. The quantitative estimate of drug-likeness (QED) is 0.638. The molecule has 0 aromatic carbocycles. The third-order valence-electron chi connectivity index (χ3n) is 3.80. The van der Waals surface area contributed by atoms with Gasteiger partial charge in [-0.2, -0.15) is 0 Å². The van der Waals surface area contributed by atoms with Crippen LogP contribution in [0, 0.1) is 5.92 Å². The molecule has 1 saturated carbocycles. The predicted molar refractivity (Wildman–Crippen MR) is 70.6 cm³/mol. The van der Waals surface area contributed by atoms with Gasteiger partial charge in [0.05, 0.1) is 0 Å². The van der Waals surface area contributed by atoms with E-state index in [4.69, 9.17) is 5.84 Å². The molecule has 2 rings (SSSR count). The van der Waals surface area contributed by atoms with Crippen LogP contribution < -0.4 is 11.3 Å². The van der Waals surface area contributed by atoms with Gasteiger partial charge in [-0.1, -0.05) is 6.07 Å². The molecule has 1 aromatic rings. The summed E-state index contributed by atoms with van der Waals surface area (Å²) in [5.74, 6) is 3.11. The summed E-state index contributed by atoms with van der Waals surface area (Å²) in [7, 11) is 0. The molecule has 0 bridgehead atoms. The van der Waals surface area contributed by atoms with Crippen LogP contribution in [0.1, 0.15) is 37.7 Å². The lowest BCUT2D eigenvalue weighted by atomic mass is 9.82. The van der Waals surface area contributed by atoms with Crippen LogP contribution in [0.2, 0.25) is 0 Å². The average Bonchev–Trinajstić information content (AvgIpc) is 2.38. The SMILES string of the molecule is NNC(Cc1cccnc1)CC1CCCC(F)(F)C1. The van der Waals surface area contributed by atoms with Crippen molar-refractivity contribution in [1.29, 1.82) is 0 Å². The topological polar surface area (TPSA) is 50.9 Å². The van der Waals surface area contributed by atoms with E-state index >= 15 is 0 Å². The molecule has 0 radical (unpaired) electrons. The minimum atomic E-state index is -2.49. The Morgan fingerprint density at radius 3 is 3.00 bits per heavy atom. The van der Waals surface area contributed by atoms with Gasteiger partial charge < -0.3 is 0 Å². The van der Waals surface area contributed by atoms with E-state index in [0.29, 0.717) is 12.8 Å². The Balaban J connectivity index is 1.88. The minimum absolute atomic E-state index is 0.00177. The second-order valence-corrected chi connectivity index (χ2v) is 5.48. The molecule has 3 N–H and O–H groups in total. The van der Waals surface area contributed by atoms with Gasteiger partial charge in [-0.3, -0.25) is 16.3 Å². The highest BCUT2D eigenvalue weighted by Gasteiger charge is 2.36. The Hall–Kier alpha value is -1.07. The Labute approximate surface area is 112 Å². The highest BCUT2D eigenvalue weighted by atomic mass is 19.3. The average molecular weight is 269 g/mol. The molecule has 1 fully saturated rings. The number of pyridine rings is 1. The van der Waals surface area contributed by atoms with Crippen LogP contribution in [0.3, 0.4) is 0 Å². The van der Waals surface area contributed by atoms with Crippen molar-refractivity contribution in [1.82, 2.24) is 10.4 Å². The normalized spacial score (nSPS) is 24.1. The largest absolute Gasteiger partial charge is 0.271 e. The summed E-state index contributed by atoms with van der Waals surface area (Å²) < 4.78 is 26.7. The second-order valence-electron chi connectivity index (χ2n) is 5.48. The van der Waals surface area contributed by atoms with E-state index in [9.17, 15) is 8.78 Å². The number of hydrogen-bond donors (Lipinski definition) is 2. The predicted octanol–water partition coefficient (Wildman–Crippen LogP) is 2.67. The van der Waals surface area contributed by atoms with E-state index in [2.05, 4.69) is 10.4 Å². The van der Waals surface area contributed by atoms with Crippen molar-refractivity contribution >= 4 is 0 Å². The first-order chi connectivity index (χ1) is 9.09. The fourth-order valence-corrected chi connectivity index (χ4v) is 2.89. The van der Waals surface area contributed by atoms with Gasteiger partial charge in [-0.15, -0.1) is 0 Å². The lowest BCUT2D eigenvalue weighted by Crippen LogP contribution is -2.40. The van der Waals surface area contributed by atoms with Gasteiger partial charge in [0.25, 0.3) is 0 Å². The maximum absolute atomic E-state index is 13.4. The molecule has 3 nitrogen and oxygen atoms in total. The van der Waals surface area contributed by atoms with E-state index in [-0.39, 0.29) is 24.8 Å². The Kier molecular flexibility index (Phi) is 4.82. The van der Waals surface area contributed by atoms with Crippen molar-refractivity contribution < 1.29 is 8.78 Å². The zero-order chi connectivity index (χ0) is 13.7. The Bertz CT molecular complexity index is 384. The summed E-state index contributed by atoms with van der Waals surface area (Å²) in [6.45, 7) is 0. The summed E-state index contributed by atoms with van der Waals surface area (Å²) in [5, 5.41) is 0. The maximum Gasteiger partial charge on any atom is 0.248 e. The first-order valence-electron chi connectivity index (χ1n) is 6.82. The van der Waals surface area contributed by atoms with Gasteiger partial charge >= 0.3 is 0 Å². The number of halogens is 2. The van der Waals surface area contributed by atoms with Crippen molar-refractivity contribution in [2.24, 2.45) is 11.8 Å². The monoisotopic (exact) mass is 269 g/mol. The fraction of sp³-hybridized carbons (Fsp3) is 0.643. The molecular formula is C14H21F2N3. The van der Waals surface area contributed by atoms with Gasteiger partial charge in [0.2, 0.25) is 5.92 Å². The number of nitrogens with one attached hydrogen (secondary N) is 1. The second kappa shape index (κ2) is 6.39. The van der Waals surface area contributed by atoms with Crippen LogP contribution in [-0.4, -0.2) is 16.9 Å². The van der Waals surface area contributed by atoms with Crippen LogP contribution in [-0.2, 0) is 6.42 Å². The lowest BCUT2D eigenvalue weighted by molar-refractivity contribution is -0.0547. The highest BCUT2D eigenvalue weighted by Crippen LogP contribution is 2.38. The molecule has 1 aliphatic carbocycles. The third-order valence-corrected chi connectivity index (χ3v) is 3.80. The maximum atomic E-state index is 13.4. The van der Waals surface area contributed by atoms with E-state index in [1.54, 1.807) is 12.4 Å². The first-order valence-corrected chi connectivity index (χ1v) is 6.82. The Morgan fingerprint density at radius 1 is 1.53 bits per heavy atom. The van der Waals surface area contributed by atoms with Crippen LogP contribution >= 0.6 is 0 Å². The van der Waals surface area contributed by atoms with Crippen LogP contribution in [0.4, 0.5) is 8.78 Å². The van der Waals surface area contributed by atoms with Crippen molar-refractivity contribution in [3.63, 3.8) is 0 Å². The van der Waals surface area contributed by atoms with Crippen molar-refractivity contribution in [3.05, 3.63) is 30.1 Å². The van der Waals surface area contributed by atoms with Crippen LogP contribution in [0.15, 0.2) is 24.5 Å². The molecule has 19 heavy (non-hydrogen) atoms. The fourth-order valence-electron chi connectivity index (χ4n) is 2.89. The smallest absolute Gasteiger partial charge is 0.248 e. The van der Waals surface area contributed by atoms with Crippen molar-refractivity contribution in [3.8, 4) is 0 Å². The number of hydrogen-bond acceptors (Lipinski definition) is 3. The van der Waals surface area contributed by atoms with Crippen LogP contribution in [0.25, 0.3) is 0 Å². The molecule has 0 amide bonds. The molecule has 1 heterocycles. The third kappa shape index (κ3) is 4.51. The van der Waals surface area contributed by atoms with Gasteiger partial charge in [0.1, 0.15) is 0 Å². The van der Waals surface area contributed by atoms with Gasteiger partial charge in [-0.25, -0.2) is 8.78 Å². The molecule has 1 aromatic heterocycles. The molecule has 0 saturated heterocycles. The first kappa shape index (κ1) is 14.3. The van der Waals surface area contributed by atoms with Gasteiger partial charge in [-0.05, 0) is 43.2 Å².